The van der Waals surface area contributed by atoms with Crippen LogP contribution in [-0.2, 0) is 38.6 Å². The summed E-state index contributed by atoms with van der Waals surface area (Å²) in [6, 6.07) is 18.0. The van der Waals surface area contributed by atoms with Crippen molar-refractivity contribution < 1.29 is 32.2 Å². The van der Waals surface area contributed by atoms with Gasteiger partial charge in [0.25, 0.3) is 0 Å². The number of thiophene rings is 2. The summed E-state index contributed by atoms with van der Waals surface area (Å²) < 4.78 is 56.8. The monoisotopic (exact) mass is 676 g/mol. The molecule has 4 heterocycles. The van der Waals surface area contributed by atoms with Crippen LogP contribution in [0.3, 0.4) is 0 Å². The smallest absolute Gasteiger partial charge is 0.416 e. The fourth-order valence-corrected chi connectivity index (χ4v) is 10.9. The summed E-state index contributed by atoms with van der Waals surface area (Å²) in [7, 11) is 2.95. The summed E-state index contributed by atoms with van der Waals surface area (Å²) in [6.07, 6.45) is -4.75. The maximum Gasteiger partial charge on any atom is 0.416 e. The summed E-state index contributed by atoms with van der Waals surface area (Å²) in [5.41, 5.74) is -0.582. The van der Waals surface area contributed by atoms with Gasteiger partial charge in [-0.1, -0.05) is 36.4 Å². The minimum Gasteiger partial charge on any atom is -0.496 e. The number of halogens is 3. The lowest BCUT2D eigenvalue weighted by atomic mass is 9.84. The zero-order chi connectivity index (χ0) is 31.1. The highest BCUT2D eigenvalue weighted by Crippen LogP contribution is 2.69. The molecule has 6 nitrogen and oxygen atoms in total. The molecule has 230 valence electrons. The molecule has 0 aliphatic carbocycles. The molecular formula is C31H27F3N2O4S4. The topological polar surface area (TPSA) is 59.1 Å². The first-order chi connectivity index (χ1) is 21.2. The summed E-state index contributed by atoms with van der Waals surface area (Å²) in [5, 5.41) is 3.75. The van der Waals surface area contributed by atoms with E-state index in [1.807, 2.05) is 35.0 Å². The van der Waals surface area contributed by atoms with Gasteiger partial charge in [0.2, 0.25) is 11.8 Å². The Morgan fingerprint density at radius 2 is 1.25 bits per heavy atom. The van der Waals surface area contributed by atoms with Crippen LogP contribution in [0.2, 0.25) is 0 Å². The molecule has 13 heteroatoms. The number of amides is 2. The maximum absolute atomic E-state index is 15.0. The number of thioether (sulfide) groups is 2. The van der Waals surface area contributed by atoms with Crippen molar-refractivity contribution >= 4 is 58.0 Å². The molecule has 2 aromatic carbocycles. The Morgan fingerprint density at radius 1 is 0.727 bits per heavy atom. The van der Waals surface area contributed by atoms with Crippen molar-refractivity contribution in [2.75, 3.05) is 25.7 Å². The number of methoxy groups -OCH3 is 2. The van der Waals surface area contributed by atoms with Crippen LogP contribution in [-0.4, -0.2) is 47.3 Å². The zero-order valence-electron chi connectivity index (χ0n) is 23.6. The van der Waals surface area contributed by atoms with Gasteiger partial charge in [-0.15, -0.1) is 46.2 Å². The van der Waals surface area contributed by atoms with Crippen LogP contribution in [0.15, 0.2) is 77.5 Å². The van der Waals surface area contributed by atoms with E-state index in [1.54, 1.807) is 29.2 Å². The number of alkyl halides is 3. The first-order valence-electron chi connectivity index (χ1n) is 13.5. The Hall–Kier alpha value is -3.13. The zero-order valence-corrected chi connectivity index (χ0v) is 26.9. The molecule has 2 unspecified atom stereocenters. The predicted molar refractivity (Wildman–Crippen MR) is 169 cm³/mol. The molecule has 0 bridgehead atoms. The van der Waals surface area contributed by atoms with E-state index in [4.69, 9.17) is 9.47 Å². The van der Waals surface area contributed by atoms with E-state index >= 15 is 13.2 Å². The van der Waals surface area contributed by atoms with Gasteiger partial charge in [0.05, 0.1) is 49.9 Å². The first kappa shape index (κ1) is 30.9. The Bertz CT molecular complexity index is 1640. The fourth-order valence-electron chi connectivity index (χ4n) is 6.07. The molecule has 0 spiro atoms. The van der Waals surface area contributed by atoms with Crippen molar-refractivity contribution in [3.05, 3.63) is 104 Å². The first-order valence-corrected chi connectivity index (χ1v) is 17.2. The number of ether oxygens (including phenoxy) is 2. The van der Waals surface area contributed by atoms with Gasteiger partial charge < -0.3 is 19.3 Å². The minimum absolute atomic E-state index is 0.0237. The van der Waals surface area contributed by atoms with Crippen LogP contribution < -0.4 is 9.47 Å². The minimum atomic E-state index is -4.75. The Labute approximate surface area is 269 Å². The van der Waals surface area contributed by atoms with E-state index in [0.717, 1.165) is 27.6 Å². The average Bonchev–Trinajstić information content (AvgIpc) is 3.84. The molecule has 2 aliphatic rings. The summed E-state index contributed by atoms with van der Waals surface area (Å²) in [6.45, 7) is 0.165. The molecule has 2 amide bonds. The van der Waals surface area contributed by atoms with E-state index in [9.17, 15) is 9.59 Å². The van der Waals surface area contributed by atoms with Crippen molar-refractivity contribution in [3.8, 4) is 11.5 Å². The van der Waals surface area contributed by atoms with E-state index in [2.05, 4.69) is 0 Å². The van der Waals surface area contributed by atoms with E-state index in [0.29, 0.717) is 17.1 Å². The van der Waals surface area contributed by atoms with E-state index in [-0.39, 0.29) is 42.0 Å². The number of carbonyl (C=O) groups is 2. The highest BCUT2D eigenvalue weighted by Gasteiger charge is 2.71. The molecule has 4 aromatic rings. The average molecular weight is 677 g/mol. The predicted octanol–water partition coefficient (Wildman–Crippen LogP) is 7.40. The van der Waals surface area contributed by atoms with Gasteiger partial charge in [0.15, 0.2) is 9.74 Å². The summed E-state index contributed by atoms with van der Waals surface area (Å²) in [5.74, 6) is -0.0335. The Balaban J connectivity index is 1.77. The van der Waals surface area contributed by atoms with Crippen LogP contribution >= 0.6 is 46.2 Å². The molecule has 2 aliphatic heterocycles. The highest BCUT2D eigenvalue weighted by molar-refractivity contribution is 8.05. The van der Waals surface area contributed by atoms with Gasteiger partial charge in [-0.3, -0.25) is 9.59 Å². The van der Waals surface area contributed by atoms with Crippen molar-refractivity contribution in [3.63, 3.8) is 0 Å². The molecule has 2 aromatic heterocycles. The third-order valence-corrected chi connectivity index (χ3v) is 12.7. The molecule has 2 atom stereocenters. The second-order valence-electron chi connectivity index (χ2n) is 10.1. The molecule has 2 fully saturated rings. The lowest BCUT2D eigenvalue weighted by Crippen LogP contribution is -2.61. The molecule has 0 N–H and O–H groups in total. The number of hydrogen-bond donors (Lipinski definition) is 0. The molecule has 0 saturated carbocycles. The largest absolute Gasteiger partial charge is 0.496 e. The highest BCUT2D eigenvalue weighted by atomic mass is 32.2. The number of hydrogen-bond acceptors (Lipinski definition) is 8. The van der Waals surface area contributed by atoms with Gasteiger partial charge >= 0.3 is 6.18 Å². The fraction of sp³-hybridized carbons (Fsp3) is 0.290. The number of benzene rings is 2. The van der Waals surface area contributed by atoms with Gasteiger partial charge in [0.1, 0.15) is 11.5 Å². The third-order valence-electron chi connectivity index (χ3n) is 7.78. The van der Waals surface area contributed by atoms with Gasteiger partial charge in [-0.25, -0.2) is 0 Å². The van der Waals surface area contributed by atoms with E-state index < -0.39 is 21.5 Å². The van der Waals surface area contributed by atoms with Crippen LogP contribution in [0, 0.1) is 0 Å². The molecule has 2 saturated heterocycles. The molecule has 0 radical (unpaired) electrons. The summed E-state index contributed by atoms with van der Waals surface area (Å²) >= 11 is 5.19. The van der Waals surface area contributed by atoms with Crippen LogP contribution in [0.5, 0.6) is 11.5 Å². The van der Waals surface area contributed by atoms with Crippen LogP contribution in [0.4, 0.5) is 13.2 Å². The van der Waals surface area contributed by atoms with Gasteiger partial charge in [0, 0.05) is 15.3 Å². The molecule has 6 rings (SSSR count). The number of rotatable bonds is 9. The van der Waals surface area contributed by atoms with Crippen molar-refractivity contribution in [1.29, 1.82) is 0 Å². The summed E-state index contributed by atoms with van der Waals surface area (Å²) in [4.78, 5) is 29.6. The quantitative estimate of drug-likeness (QED) is 0.184. The second-order valence-corrected chi connectivity index (χ2v) is 14.5. The lowest BCUT2D eigenvalue weighted by molar-refractivity contribution is -0.145. The van der Waals surface area contributed by atoms with Gasteiger partial charge in [-0.2, -0.15) is 13.2 Å². The standard InChI is InChI=1S/C31H27F3N2O4S4/c1-39-24-12-5-13-25(40-2)28(24)30(36(27(38)19-44-30)17-21-9-7-15-42-21)29(22-10-3-4-11-23(22)31(32,33)34)35(26(37)18-43-29)16-20-8-6-14-41-20/h3-15H,16-19H2,1-2H3. The lowest BCUT2D eigenvalue weighted by Gasteiger charge is -2.54. The van der Waals surface area contributed by atoms with Crippen molar-refractivity contribution in [2.45, 2.75) is 29.0 Å². The Kier molecular flexibility index (Phi) is 8.42. The van der Waals surface area contributed by atoms with Crippen molar-refractivity contribution in [2.24, 2.45) is 0 Å². The van der Waals surface area contributed by atoms with E-state index in [1.165, 1.54) is 65.7 Å². The second kappa shape index (κ2) is 12.0. The van der Waals surface area contributed by atoms with Crippen molar-refractivity contribution in [1.82, 2.24) is 9.80 Å². The van der Waals surface area contributed by atoms with Crippen LogP contribution in [0.1, 0.15) is 26.4 Å². The molecule has 44 heavy (non-hydrogen) atoms. The number of carbonyl (C=O) groups excluding carboxylic acids is 2. The number of nitrogens with zero attached hydrogens (tertiary/aromatic N) is 2. The van der Waals surface area contributed by atoms with Gasteiger partial charge in [-0.05, 0) is 41.1 Å². The third kappa shape index (κ3) is 4.88. The SMILES string of the molecule is COc1cccc(OC)c1C1(C2(c3ccccc3C(F)(F)F)SCC(=O)N2Cc2cccs2)SCC(=O)N1Cc1cccs1. The normalized spacial score (nSPS) is 22.2. The van der Waals surface area contributed by atoms with Crippen LogP contribution in [0.25, 0.3) is 0 Å². The maximum atomic E-state index is 15.0. The Morgan fingerprint density at radius 3 is 1.75 bits per heavy atom. The molecular weight excluding hydrogens is 650 g/mol.